The van der Waals surface area contributed by atoms with E-state index in [-0.39, 0.29) is 48.2 Å². The monoisotopic (exact) mass is 565 g/mol. The number of hydrogen-bond donors (Lipinski definition) is 1. The van der Waals surface area contributed by atoms with Gasteiger partial charge in [0.25, 0.3) is 0 Å². The van der Waals surface area contributed by atoms with Crippen molar-refractivity contribution >= 4 is 40.5 Å². The SMILES string of the molecule is C[C@]12C=CC(=O)C=C1[C@@H](F)C[C@H]1[C@@H]3C[C@H]4CN(c5ccc(Cl)cc5)O[C@@]4(C(=O)CCCl)[C@@]3(C)C[C@H](O)[C@@]12F. The predicted octanol–water partition coefficient (Wildman–Crippen LogP) is 5.57. The van der Waals surface area contributed by atoms with Gasteiger partial charge >= 0.3 is 0 Å². The van der Waals surface area contributed by atoms with Crippen LogP contribution in [0, 0.1) is 28.6 Å². The number of benzene rings is 1. The first kappa shape index (κ1) is 26.4. The zero-order valence-electron chi connectivity index (χ0n) is 21.3. The molecule has 3 saturated carbocycles. The van der Waals surface area contributed by atoms with E-state index < -0.39 is 46.2 Å². The highest BCUT2D eigenvalue weighted by Crippen LogP contribution is 2.73. The highest BCUT2D eigenvalue weighted by Gasteiger charge is 2.79. The maximum absolute atomic E-state index is 17.5. The Hall–Kier alpha value is -1.80. The van der Waals surface area contributed by atoms with E-state index in [1.54, 1.807) is 24.1 Å². The van der Waals surface area contributed by atoms with Crippen molar-refractivity contribution < 1.29 is 28.3 Å². The Morgan fingerprint density at radius 3 is 2.61 bits per heavy atom. The van der Waals surface area contributed by atoms with Gasteiger partial charge in [-0.15, -0.1) is 11.6 Å². The molecule has 4 aliphatic carbocycles. The number of Topliss-reactive ketones (excluding diaryl/α,β-unsaturated/α-hetero) is 1. The van der Waals surface area contributed by atoms with Gasteiger partial charge in [0, 0.05) is 40.0 Å². The fraction of sp³-hybridized carbons (Fsp3) is 0.586. The van der Waals surface area contributed by atoms with E-state index in [1.165, 1.54) is 18.2 Å². The van der Waals surface area contributed by atoms with Gasteiger partial charge in [-0.25, -0.2) is 8.78 Å². The lowest BCUT2D eigenvalue weighted by Crippen LogP contribution is -2.70. The molecule has 38 heavy (non-hydrogen) atoms. The van der Waals surface area contributed by atoms with E-state index in [4.69, 9.17) is 28.0 Å². The second-order valence-electron chi connectivity index (χ2n) is 12.0. The highest BCUT2D eigenvalue weighted by molar-refractivity contribution is 6.30. The number of carbonyl (C=O) groups excluding carboxylic acids is 2. The first-order valence-corrected chi connectivity index (χ1v) is 14.1. The molecule has 0 aromatic heterocycles. The second-order valence-corrected chi connectivity index (χ2v) is 12.8. The average molecular weight is 566 g/mol. The maximum Gasteiger partial charge on any atom is 0.178 e. The minimum absolute atomic E-state index is 0.0364. The summed E-state index contributed by atoms with van der Waals surface area (Å²) < 4.78 is 33.2. The molecule has 204 valence electrons. The van der Waals surface area contributed by atoms with Crippen LogP contribution in [-0.2, 0) is 14.4 Å². The second kappa shape index (κ2) is 8.60. The smallest absolute Gasteiger partial charge is 0.178 e. The van der Waals surface area contributed by atoms with E-state index in [9.17, 15) is 14.7 Å². The van der Waals surface area contributed by atoms with Crippen LogP contribution in [0.4, 0.5) is 14.5 Å². The molecule has 5 nitrogen and oxygen atoms in total. The van der Waals surface area contributed by atoms with Crippen LogP contribution in [0.3, 0.4) is 0 Å². The quantitative estimate of drug-likeness (QED) is 0.483. The number of fused-ring (bicyclic) bond motifs is 7. The summed E-state index contributed by atoms with van der Waals surface area (Å²) in [6, 6.07) is 7.11. The number of ketones is 2. The number of carbonyl (C=O) groups is 2. The number of aliphatic hydroxyl groups excluding tert-OH is 1. The van der Waals surface area contributed by atoms with Crippen LogP contribution >= 0.6 is 23.2 Å². The normalized spacial score (nSPS) is 45.2. The first-order chi connectivity index (χ1) is 17.9. The fourth-order valence-electron chi connectivity index (χ4n) is 8.78. The van der Waals surface area contributed by atoms with Gasteiger partial charge in [-0.2, -0.15) is 0 Å². The van der Waals surface area contributed by atoms with Crippen molar-refractivity contribution in [3.05, 3.63) is 53.1 Å². The summed E-state index contributed by atoms with van der Waals surface area (Å²) in [6.07, 6.45) is 1.17. The Morgan fingerprint density at radius 1 is 1.21 bits per heavy atom. The largest absolute Gasteiger partial charge is 0.390 e. The average Bonchev–Trinajstić information content (AvgIpc) is 3.37. The van der Waals surface area contributed by atoms with Gasteiger partial charge in [0.15, 0.2) is 22.8 Å². The summed E-state index contributed by atoms with van der Waals surface area (Å²) >= 11 is 12.1. The van der Waals surface area contributed by atoms with Crippen LogP contribution < -0.4 is 5.06 Å². The third-order valence-electron chi connectivity index (χ3n) is 10.5. The molecule has 1 aliphatic heterocycles. The number of rotatable bonds is 4. The molecular weight excluding hydrogens is 535 g/mol. The number of anilines is 1. The standard InChI is InChI=1S/C29H31Cl2F2NO4/c1-26-9-7-19(35)12-22(26)23(32)13-21-20-11-16-15-34(18-5-3-17(31)4-6-18)38-29(16,24(36)8-10-30)27(20,2)14-25(37)28(21,26)33/h3-7,9,12,16,20-21,23,25,37H,8,10-11,13-15H2,1-2H3/t16-,20-,21-,23-,25-,26-,27-,28-,29-/m0/s1. The minimum Gasteiger partial charge on any atom is -0.390 e. The lowest BCUT2D eigenvalue weighted by Gasteiger charge is -2.63. The number of halogens is 4. The molecular formula is C29H31Cl2F2NO4. The molecule has 0 bridgehead atoms. The summed E-state index contributed by atoms with van der Waals surface area (Å²) in [5, 5.41) is 13.9. The summed E-state index contributed by atoms with van der Waals surface area (Å²) in [6.45, 7) is 3.86. The number of hydrogen-bond acceptors (Lipinski definition) is 5. The Morgan fingerprint density at radius 2 is 1.92 bits per heavy atom. The lowest BCUT2D eigenvalue weighted by atomic mass is 9.44. The summed E-state index contributed by atoms with van der Waals surface area (Å²) in [5.41, 5.74) is -5.15. The fourth-order valence-corrected chi connectivity index (χ4v) is 9.08. The molecule has 0 unspecified atom stereocenters. The van der Waals surface area contributed by atoms with E-state index in [0.717, 1.165) is 5.69 Å². The van der Waals surface area contributed by atoms with Gasteiger partial charge in [-0.05, 0) is 74.1 Å². The van der Waals surface area contributed by atoms with Gasteiger partial charge in [0.05, 0.1) is 18.3 Å². The number of allylic oxidation sites excluding steroid dienone is 4. The molecule has 1 heterocycles. The molecule has 0 spiro atoms. The van der Waals surface area contributed by atoms with Crippen LogP contribution in [0.15, 0.2) is 48.1 Å². The van der Waals surface area contributed by atoms with Gasteiger partial charge in [0.2, 0.25) is 0 Å². The van der Waals surface area contributed by atoms with Crippen molar-refractivity contribution in [2.45, 2.75) is 63.1 Å². The number of nitrogens with zero attached hydrogens (tertiary/aromatic N) is 1. The molecule has 6 rings (SSSR count). The van der Waals surface area contributed by atoms with Crippen LogP contribution in [0.2, 0.25) is 5.02 Å². The van der Waals surface area contributed by atoms with Crippen molar-refractivity contribution in [1.82, 2.24) is 0 Å². The Balaban J connectivity index is 1.44. The zero-order valence-corrected chi connectivity index (χ0v) is 22.8. The zero-order chi connectivity index (χ0) is 27.3. The Bertz CT molecular complexity index is 1260. The molecule has 1 aromatic carbocycles. The van der Waals surface area contributed by atoms with Gasteiger partial charge in [-0.3, -0.25) is 19.5 Å². The van der Waals surface area contributed by atoms with Crippen LogP contribution in [0.5, 0.6) is 0 Å². The van der Waals surface area contributed by atoms with Crippen molar-refractivity contribution in [2.24, 2.45) is 28.6 Å². The summed E-state index contributed by atoms with van der Waals surface area (Å²) in [5.74, 6) is -2.05. The number of aliphatic hydroxyl groups is 1. The predicted molar refractivity (Wildman–Crippen MR) is 140 cm³/mol. The maximum atomic E-state index is 17.5. The van der Waals surface area contributed by atoms with E-state index in [2.05, 4.69) is 0 Å². The van der Waals surface area contributed by atoms with E-state index in [0.29, 0.717) is 18.0 Å². The molecule has 0 amide bonds. The van der Waals surface area contributed by atoms with Crippen molar-refractivity contribution in [1.29, 1.82) is 0 Å². The van der Waals surface area contributed by atoms with Crippen molar-refractivity contribution in [2.75, 3.05) is 17.5 Å². The topological polar surface area (TPSA) is 66.8 Å². The Labute approximate surface area is 230 Å². The summed E-state index contributed by atoms with van der Waals surface area (Å²) in [7, 11) is 0. The van der Waals surface area contributed by atoms with Crippen molar-refractivity contribution in [3.8, 4) is 0 Å². The third-order valence-corrected chi connectivity index (χ3v) is 10.9. The highest BCUT2D eigenvalue weighted by atomic mass is 35.5. The molecule has 1 N–H and O–H groups in total. The molecule has 1 aromatic rings. The van der Waals surface area contributed by atoms with Gasteiger partial charge in [0.1, 0.15) is 6.17 Å². The Kier molecular flexibility index (Phi) is 5.98. The lowest BCUT2D eigenvalue weighted by molar-refractivity contribution is -0.227. The van der Waals surface area contributed by atoms with Crippen molar-refractivity contribution in [3.63, 3.8) is 0 Å². The van der Waals surface area contributed by atoms with Crippen LogP contribution in [-0.4, -0.2) is 52.6 Å². The van der Waals surface area contributed by atoms with Crippen LogP contribution in [0.1, 0.15) is 39.5 Å². The molecule has 1 saturated heterocycles. The molecule has 4 fully saturated rings. The molecule has 9 heteroatoms. The minimum atomic E-state index is -2.20. The van der Waals surface area contributed by atoms with Crippen LogP contribution in [0.25, 0.3) is 0 Å². The number of alkyl halides is 3. The number of hydroxylamine groups is 1. The molecule has 0 radical (unpaired) electrons. The molecule has 5 aliphatic rings. The molecule has 9 atom stereocenters. The third kappa shape index (κ3) is 3.16. The summed E-state index contributed by atoms with van der Waals surface area (Å²) in [4.78, 5) is 32.6. The van der Waals surface area contributed by atoms with Gasteiger partial charge in [-0.1, -0.05) is 24.6 Å². The van der Waals surface area contributed by atoms with Gasteiger partial charge < -0.3 is 5.11 Å². The van der Waals surface area contributed by atoms with E-state index in [1.807, 2.05) is 19.1 Å². The van der Waals surface area contributed by atoms with E-state index >= 15 is 8.78 Å². The first-order valence-electron chi connectivity index (χ1n) is 13.2.